The number of ether oxygens (including phenoxy) is 2. The molecule has 0 bridgehead atoms. The molecule has 8 heteroatoms. The Morgan fingerprint density at radius 2 is 2.14 bits per heavy atom. The molecule has 3 aromatic rings. The predicted molar refractivity (Wildman–Crippen MR) is 114 cm³/mol. The van der Waals surface area contributed by atoms with E-state index in [2.05, 4.69) is 42.3 Å². The maximum absolute atomic E-state index is 5.72. The Labute approximate surface area is 170 Å². The molecule has 1 aliphatic heterocycles. The summed E-state index contributed by atoms with van der Waals surface area (Å²) in [5.41, 5.74) is 3.01. The molecule has 0 spiro atoms. The average molecular weight is 394 g/mol. The first-order chi connectivity index (χ1) is 14.3. The van der Waals surface area contributed by atoms with Crippen molar-refractivity contribution in [2.75, 3.05) is 51.4 Å². The molecule has 0 aliphatic carbocycles. The van der Waals surface area contributed by atoms with Gasteiger partial charge in [0.05, 0.1) is 25.5 Å². The molecule has 1 aromatic carbocycles. The van der Waals surface area contributed by atoms with Gasteiger partial charge in [-0.2, -0.15) is 9.97 Å². The number of hydrogen-bond acceptors (Lipinski definition) is 7. The molecule has 29 heavy (non-hydrogen) atoms. The van der Waals surface area contributed by atoms with Gasteiger partial charge in [-0.1, -0.05) is 18.2 Å². The largest absolute Gasteiger partial charge is 0.462 e. The Morgan fingerprint density at radius 1 is 1.28 bits per heavy atom. The van der Waals surface area contributed by atoms with Crippen LogP contribution in [0.1, 0.15) is 11.3 Å². The fraction of sp³-hybridized carbons (Fsp3) is 0.381. The number of H-pyrrole nitrogens is 1. The van der Waals surface area contributed by atoms with E-state index < -0.39 is 0 Å². The lowest BCUT2D eigenvalue weighted by Crippen LogP contribution is -2.37. The summed E-state index contributed by atoms with van der Waals surface area (Å²) < 4.78 is 11.2. The van der Waals surface area contributed by atoms with E-state index in [0.29, 0.717) is 32.4 Å². The number of para-hydroxylation sites is 1. The van der Waals surface area contributed by atoms with E-state index >= 15 is 0 Å². The van der Waals surface area contributed by atoms with Crippen LogP contribution >= 0.6 is 0 Å². The maximum atomic E-state index is 5.72. The number of fused-ring (bicyclic) bond motifs is 1. The second-order valence-electron chi connectivity index (χ2n) is 6.81. The number of aromatic nitrogens is 3. The normalized spacial score (nSPS) is 14.7. The molecule has 0 atom stereocenters. The molecule has 0 unspecified atom stereocenters. The lowest BCUT2D eigenvalue weighted by molar-refractivity contribution is 0.122. The van der Waals surface area contributed by atoms with Crippen LogP contribution in [-0.2, 0) is 11.3 Å². The first-order valence-corrected chi connectivity index (χ1v) is 9.87. The van der Waals surface area contributed by atoms with Crippen molar-refractivity contribution in [3.63, 3.8) is 0 Å². The summed E-state index contributed by atoms with van der Waals surface area (Å²) in [6.45, 7) is 4.83. The Hall–Kier alpha value is -2.97. The van der Waals surface area contributed by atoms with Crippen LogP contribution in [0.3, 0.4) is 0 Å². The highest BCUT2D eigenvalue weighted by Crippen LogP contribution is 2.19. The summed E-state index contributed by atoms with van der Waals surface area (Å²) in [5.74, 6) is 0.844. The van der Waals surface area contributed by atoms with Gasteiger partial charge in [0.1, 0.15) is 12.4 Å². The van der Waals surface area contributed by atoms with Crippen LogP contribution < -0.4 is 15.0 Å². The van der Waals surface area contributed by atoms with Crippen molar-refractivity contribution in [3.8, 4) is 6.01 Å². The summed E-state index contributed by atoms with van der Waals surface area (Å²) in [6, 6.07) is 10.6. The number of nitrogens with zero attached hydrogens (tertiary/aromatic N) is 4. The van der Waals surface area contributed by atoms with E-state index in [1.165, 1.54) is 5.39 Å². The fourth-order valence-electron chi connectivity index (χ4n) is 3.26. The van der Waals surface area contributed by atoms with Crippen LogP contribution in [0.4, 0.5) is 5.82 Å². The van der Waals surface area contributed by atoms with E-state index in [-0.39, 0.29) is 0 Å². The third-order valence-electron chi connectivity index (χ3n) is 4.79. The number of nitrogens with one attached hydrogen (secondary N) is 2. The Bertz CT molecular complexity index is 965. The third kappa shape index (κ3) is 4.90. The minimum absolute atomic E-state index is 0.373. The maximum Gasteiger partial charge on any atom is 0.319 e. The van der Waals surface area contributed by atoms with Gasteiger partial charge < -0.3 is 24.7 Å². The molecule has 1 fully saturated rings. The third-order valence-corrected chi connectivity index (χ3v) is 4.79. The smallest absolute Gasteiger partial charge is 0.319 e. The highest BCUT2D eigenvalue weighted by Gasteiger charge is 2.15. The minimum atomic E-state index is 0.373. The number of likely N-dealkylation sites (N-methyl/N-ethyl adjacent to an activating group) is 1. The van der Waals surface area contributed by atoms with Crippen molar-refractivity contribution in [2.45, 2.75) is 6.54 Å². The summed E-state index contributed by atoms with van der Waals surface area (Å²) >= 11 is 0. The van der Waals surface area contributed by atoms with Crippen LogP contribution in [-0.4, -0.2) is 67.7 Å². The first-order valence-electron chi connectivity index (χ1n) is 9.87. The minimum Gasteiger partial charge on any atom is -0.462 e. The zero-order valence-corrected chi connectivity index (χ0v) is 16.6. The summed E-state index contributed by atoms with van der Waals surface area (Å²) in [7, 11) is 1.89. The number of hydrogen-bond donors (Lipinski definition) is 2. The molecule has 0 saturated carbocycles. The molecular weight excluding hydrogens is 368 g/mol. The Morgan fingerprint density at radius 3 is 3.00 bits per heavy atom. The van der Waals surface area contributed by atoms with Gasteiger partial charge in [0.2, 0.25) is 0 Å². The van der Waals surface area contributed by atoms with Crippen molar-refractivity contribution >= 4 is 22.9 Å². The molecule has 4 rings (SSSR count). The molecule has 0 radical (unpaired) electrons. The van der Waals surface area contributed by atoms with E-state index in [0.717, 1.165) is 42.2 Å². The van der Waals surface area contributed by atoms with Gasteiger partial charge in [0, 0.05) is 49.0 Å². The van der Waals surface area contributed by atoms with Crippen molar-refractivity contribution in [2.24, 2.45) is 4.99 Å². The predicted octanol–water partition coefficient (Wildman–Crippen LogP) is 2.01. The number of benzene rings is 1. The SMILES string of the molecule is CNCCOc1nc(C=NCc2c[nH]c3ccccc23)cc(N2CCOCC2)n1. The zero-order valence-electron chi connectivity index (χ0n) is 16.6. The quantitative estimate of drug-likeness (QED) is 0.449. The average Bonchev–Trinajstić information content (AvgIpc) is 3.18. The van der Waals surface area contributed by atoms with Gasteiger partial charge in [-0.25, -0.2) is 0 Å². The van der Waals surface area contributed by atoms with E-state index in [4.69, 9.17) is 9.47 Å². The molecule has 1 aliphatic rings. The number of anilines is 1. The number of rotatable bonds is 8. The van der Waals surface area contributed by atoms with Crippen molar-refractivity contribution in [1.82, 2.24) is 20.3 Å². The van der Waals surface area contributed by atoms with Crippen molar-refractivity contribution < 1.29 is 9.47 Å². The van der Waals surface area contributed by atoms with Gasteiger partial charge in [0.25, 0.3) is 0 Å². The number of morpholine rings is 1. The van der Waals surface area contributed by atoms with Gasteiger partial charge in [-0.05, 0) is 18.7 Å². The van der Waals surface area contributed by atoms with Crippen molar-refractivity contribution in [1.29, 1.82) is 0 Å². The second-order valence-corrected chi connectivity index (χ2v) is 6.81. The van der Waals surface area contributed by atoms with E-state index in [1.54, 1.807) is 6.21 Å². The summed E-state index contributed by atoms with van der Waals surface area (Å²) in [6.07, 6.45) is 3.80. The van der Waals surface area contributed by atoms with Crippen LogP contribution in [0.25, 0.3) is 10.9 Å². The second kappa shape index (κ2) is 9.49. The van der Waals surface area contributed by atoms with Gasteiger partial charge >= 0.3 is 6.01 Å². The first kappa shape index (κ1) is 19.4. The van der Waals surface area contributed by atoms with Crippen LogP contribution in [0.15, 0.2) is 41.5 Å². The monoisotopic (exact) mass is 394 g/mol. The topological polar surface area (TPSA) is 87.7 Å². The standard InChI is InChI=1S/C21H26N6O2/c1-22-6-9-29-21-25-17(12-20(26-21)27-7-10-28-11-8-27)15-23-13-16-14-24-19-5-3-2-4-18(16)19/h2-5,12,14-15,22,24H,6-11,13H2,1H3. The molecule has 0 amide bonds. The van der Waals surface area contributed by atoms with Crippen LogP contribution in [0.5, 0.6) is 6.01 Å². The van der Waals surface area contributed by atoms with Gasteiger partial charge in [-0.3, -0.25) is 4.99 Å². The van der Waals surface area contributed by atoms with E-state index in [9.17, 15) is 0 Å². The van der Waals surface area contributed by atoms with Crippen molar-refractivity contribution in [3.05, 3.63) is 47.8 Å². The molecule has 152 valence electrons. The zero-order chi connectivity index (χ0) is 19.9. The molecular formula is C21H26N6O2. The Kier molecular flexibility index (Phi) is 6.33. The highest BCUT2D eigenvalue weighted by molar-refractivity contribution is 5.83. The number of aliphatic imine (C=N–C) groups is 1. The molecule has 8 nitrogen and oxygen atoms in total. The molecule has 3 heterocycles. The van der Waals surface area contributed by atoms with Crippen LogP contribution in [0.2, 0.25) is 0 Å². The summed E-state index contributed by atoms with van der Waals surface area (Å²) in [4.78, 5) is 19.2. The Balaban J connectivity index is 1.52. The molecule has 2 N–H and O–H groups in total. The fourth-order valence-corrected chi connectivity index (χ4v) is 3.26. The molecule has 1 saturated heterocycles. The highest BCUT2D eigenvalue weighted by atomic mass is 16.5. The van der Waals surface area contributed by atoms with Crippen LogP contribution in [0, 0.1) is 0 Å². The van der Waals surface area contributed by atoms with E-state index in [1.807, 2.05) is 31.4 Å². The summed E-state index contributed by atoms with van der Waals surface area (Å²) in [5, 5.41) is 4.25. The lowest BCUT2D eigenvalue weighted by atomic mass is 10.2. The van der Waals surface area contributed by atoms with Gasteiger partial charge in [-0.15, -0.1) is 0 Å². The molecule has 2 aromatic heterocycles. The number of aromatic amines is 1. The van der Waals surface area contributed by atoms with Gasteiger partial charge in [0.15, 0.2) is 0 Å². The lowest BCUT2D eigenvalue weighted by Gasteiger charge is -2.28.